The SMILES string of the molecule is Cc1cc(C(=O)N2C[C@H]3CCC[C@@]3(c3noc(-c4ccccc4)n3)C2)no1. The molecule has 3 aromatic rings. The van der Waals surface area contributed by atoms with Gasteiger partial charge < -0.3 is 13.9 Å². The van der Waals surface area contributed by atoms with Crippen molar-refractivity contribution in [3.05, 3.63) is 53.7 Å². The molecule has 1 aliphatic heterocycles. The molecule has 7 heteroatoms. The molecule has 1 saturated heterocycles. The first-order valence-corrected chi connectivity index (χ1v) is 9.28. The zero-order chi connectivity index (χ0) is 18.4. The third kappa shape index (κ3) is 2.57. The van der Waals surface area contributed by atoms with E-state index in [1.54, 1.807) is 13.0 Å². The van der Waals surface area contributed by atoms with Crippen LogP contribution in [0.1, 0.15) is 41.3 Å². The fourth-order valence-corrected chi connectivity index (χ4v) is 4.56. The summed E-state index contributed by atoms with van der Waals surface area (Å²) in [5, 5.41) is 8.20. The van der Waals surface area contributed by atoms with Gasteiger partial charge in [-0.05, 0) is 37.8 Å². The lowest BCUT2D eigenvalue weighted by molar-refractivity contribution is 0.0766. The van der Waals surface area contributed by atoms with E-state index < -0.39 is 0 Å². The molecule has 5 rings (SSSR count). The van der Waals surface area contributed by atoms with Crippen LogP contribution in [0.5, 0.6) is 0 Å². The summed E-state index contributed by atoms with van der Waals surface area (Å²) in [4.78, 5) is 19.4. The molecule has 2 aliphatic rings. The van der Waals surface area contributed by atoms with Crippen LogP contribution in [-0.2, 0) is 5.41 Å². The van der Waals surface area contributed by atoms with Crippen molar-refractivity contribution in [3.63, 3.8) is 0 Å². The van der Waals surface area contributed by atoms with Crippen LogP contribution in [0.2, 0.25) is 0 Å². The average molecular weight is 364 g/mol. The molecule has 0 N–H and O–H groups in total. The largest absolute Gasteiger partial charge is 0.361 e. The highest BCUT2D eigenvalue weighted by Gasteiger charge is 2.54. The maximum atomic E-state index is 12.8. The molecule has 138 valence electrons. The van der Waals surface area contributed by atoms with E-state index in [1.807, 2.05) is 35.2 Å². The molecular formula is C20H20N4O3. The molecule has 3 heterocycles. The summed E-state index contributed by atoms with van der Waals surface area (Å²) in [5.74, 6) is 2.14. The Hall–Kier alpha value is -2.96. The number of rotatable bonds is 3. The number of amides is 1. The average Bonchev–Trinajstić information content (AvgIpc) is 3.44. The highest BCUT2D eigenvalue weighted by molar-refractivity contribution is 5.92. The number of nitrogens with zero attached hydrogens (tertiary/aromatic N) is 4. The molecule has 0 spiro atoms. The second-order valence-electron chi connectivity index (χ2n) is 7.54. The van der Waals surface area contributed by atoms with Crippen molar-refractivity contribution in [2.24, 2.45) is 5.92 Å². The monoisotopic (exact) mass is 364 g/mol. The minimum absolute atomic E-state index is 0.0904. The number of likely N-dealkylation sites (tertiary alicyclic amines) is 1. The molecule has 2 atom stereocenters. The van der Waals surface area contributed by atoms with Gasteiger partial charge in [0.25, 0.3) is 11.8 Å². The molecule has 0 bridgehead atoms. The smallest absolute Gasteiger partial charge is 0.276 e. The normalized spacial score (nSPS) is 24.3. The van der Waals surface area contributed by atoms with Crippen molar-refractivity contribution in [2.75, 3.05) is 13.1 Å². The minimum Gasteiger partial charge on any atom is -0.361 e. The predicted octanol–water partition coefficient (Wildman–Crippen LogP) is 3.23. The van der Waals surface area contributed by atoms with E-state index >= 15 is 0 Å². The third-order valence-corrected chi connectivity index (χ3v) is 5.90. The van der Waals surface area contributed by atoms with Gasteiger partial charge in [-0.1, -0.05) is 34.9 Å². The molecule has 7 nitrogen and oxygen atoms in total. The van der Waals surface area contributed by atoms with Gasteiger partial charge in [0, 0.05) is 24.7 Å². The van der Waals surface area contributed by atoms with Gasteiger partial charge in [0.05, 0.1) is 5.41 Å². The van der Waals surface area contributed by atoms with Crippen molar-refractivity contribution in [1.82, 2.24) is 20.2 Å². The zero-order valence-corrected chi connectivity index (χ0v) is 15.1. The number of hydrogen-bond donors (Lipinski definition) is 0. The Kier molecular flexibility index (Phi) is 3.63. The van der Waals surface area contributed by atoms with Crippen LogP contribution in [-0.4, -0.2) is 39.2 Å². The molecule has 1 aromatic carbocycles. The standard InChI is InChI=1S/C20H20N4O3/c1-13-10-16(22-26-13)18(25)24-11-15-8-5-9-20(15,12-24)19-21-17(27-23-19)14-6-3-2-4-7-14/h2-4,6-7,10,15H,5,8-9,11-12H2,1H3/t15-,20-/m1/s1. The number of fused-ring (bicyclic) bond motifs is 1. The van der Waals surface area contributed by atoms with Crippen molar-refractivity contribution in [1.29, 1.82) is 0 Å². The topological polar surface area (TPSA) is 85.3 Å². The van der Waals surface area contributed by atoms with Gasteiger partial charge in [0.2, 0.25) is 0 Å². The summed E-state index contributed by atoms with van der Waals surface area (Å²) in [6, 6.07) is 11.5. The van der Waals surface area contributed by atoms with Crippen molar-refractivity contribution in [3.8, 4) is 11.5 Å². The van der Waals surface area contributed by atoms with E-state index in [9.17, 15) is 4.79 Å². The lowest BCUT2D eigenvalue weighted by Crippen LogP contribution is -2.35. The number of benzene rings is 1. The Balaban J connectivity index is 1.45. The fraction of sp³-hybridized carbons (Fsp3) is 0.400. The Morgan fingerprint density at radius 1 is 1.22 bits per heavy atom. The fourth-order valence-electron chi connectivity index (χ4n) is 4.56. The summed E-state index contributed by atoms with van der Waals surface area (Å²) < 4.78 is 10.6. The van der Waals surface area contributed by atoms with E-state index in [0.29, 0.717) is 36.4 Å². The molecule has 27 heavy (non-hydrogen) atoms. The quantitative estimate of drug-likeness (QED) is 0.709. The van der Waals surface area contributed by atoms with Crippen LogP contribution in [0.4, 0.5) is 0 Å². The van der Waals surface area contributed by atoms with E-state index in [4.69, 9.17) is 14.0 Å². The van der Waals surface area contributed by atoms with E-state index in [1.165, 1.54) is 0 Å². The van der Waals surface area contributed by atoms with E-state index in [2.05, 4.69) is 10.3 Å². The van der Waals surface area contributed by atoms with Crippen LogP contribution >= 0.6 is 0 Å². The molecule has 2 fully saturated rings. The molecule has 0 radical (unpaired) electrons. The van der Waals surface area contributed by atoms with Crippen molar-refractivity contribution < 1.29 is 13.8 Å². The van der Waals surface area contributed by atoms with Gasteiger partial charge >= 0.3 is 0 Å². The van der Waals surface area contributed by atoms with Crippen LogP contribution < -0.4 is 0 Å². The number of carbonyl (C=O) groups is 1. The lowest BCUT2D eigenvalue weighted by Gasteiger charge is -2.24. The second kappa shape index (κ2) is 6.04. The molecule has 1 saturated carbocycles. The summed E-state index contributed by atoms with van der Waals surface area (Å²) in [5.41, 5.74) is 1.04. The zero-order valence-electron chi connectivity index (χ0n) is 15.1. The Morgan fingerprint density at radius 2 is 2.07 bits per heavy atom. The van der Waals surface area contributed by atoms with Crippen LogP contribution in [0.3, 0.4) is 0 Å². The maximum Gasteiger partial charge on any atom is 0.276 e. The van der Waals surface area contributed by atoms with E-state index in [-0.39, 0.29) is 11.3 Å². The minimum atomic E-state index is -0.231. The number of aryl methyl sites for hydroxylation is 1. The van der Waals surface area contributed by atoms with Crippen LogP contribution in [0.25, 0.3) is 11.5 Å². The first kappa shape index (κ1) is 16.2. The Bertz CT molecular complexity index is 980. The predicted molar refractivity (Wildman–Crippen MR) is 95.9 cm³/mol. The van der Waals surface area contributed by atoms with Crippen molar-refractivity contribution >= 4 is 5.91 Å². The van der Waals surface area contributed by atoms with Gasteiger partial charge in [-0.2, -0.15) is 4.98 Å². The number of carbonyl (C=O) groups excluding carboxylic acids is 1. The number of hydrogen-bond acceptors (Lipinski definition) is 6. The second-order valence-corrected chi connectivity index (χ2v) is 7.54. The van der Waals surface area contributed by atoms with Gasteiger partial charge in [0.15, 0.2) is 11.5 Å². The van der Waals surface area contributed by atoms with Crippen molar-refractivity contribution in [2.45, 2.75) is 31.6 Å². The summed E-state index contributed by atoms with van der Waals surface area (Å²) in [6.07, 6.45) is 3.15. The van der Waals surface area contributed by atoms with E-state index in [0.717, 1.165) is 30.7 Å². The Labute approximate surface area is 156 Å². The first-order valence-electron chi connectivity index (χ1n) is 9.28. The maximum absolute atomic E-state index is 12.8. The molecule has 0 unspecified atom stereocenters. The number of aromatic nitrogens is 3. The lowest BCUT2D eigenvalue weighted by atomic mass is 9.80. The molecular weight excluding hydrogens is 344 g/mol. The van der Waals surface area contributed by atoms with Crippen LogP contribution in [0.15, 0.2) is 45.4 Å². The third-order valence-electron chi connectivity index (χ3n) is 5.90. The van der Waals surface area contributed by atoms with Gasteiger partial charge in [0.1, 0.15) is 5.76 Å². The van der Waals surface area contributed by atoms with Gasteiger partial charge in [-0.3, -0.25) is 4.79 Å². The molecule has 2 aromatic heterocycles. The molecule has 1 amide bonds. The first-order chi connectivity index (χ1) is 13.2. The summed E-state index contributed by atoms with van der Waals surface area (Å²) >= 11 is 0. The molecule has 1 aliphatic carbocycles. The summed E-state index contributed by atoms with van der Waals surface area (Å²) in [6.45, 7) is 3.07. The highest BCUT2D eigenvalue weighted by atomic mass is 16.5. The highest BCUT2D eigenvalue weighted by Crippen LogP contribution is 2.50. The van der Waals surface area contributed by atoms with Gasteiger partial charge in [-0.15, -0.1) is 0 Å². The summed E-state index contributed by atoms with van der Waals surface area (Å²) in [7, 11) is 0. The van der Waals surface area contributed by atoms with Crippen LogP contribution in [0, 0.1) is 12.8 Å². The van der Waals surface area contributed by atoms with Gasteiger partial charge in [-0.25, -0.2) is 0 Å². The Morgan fingerprint density at radius 3 is 2.85 bits per heavy atom.